The molecule has 0 saturated carbocycles. The van der Waals surface area contributed by atoms with E-state index in [2.05, 4.69) is 27.7 Å². The standard InChI is InChI=1S/2C5H11.Mg/c1-5(2,3)4;1-3-5-4-2;/h1H2,2-4H3;1,3-5H2,2H3;. The van der Waals surface area contributed by atoms with Crippen LogP contribution in [0, 0.1) is 5.41 Å². The Bertz CT molecular complexity index is 81.4. The molecule has 0 aromatic rings. The summed E-state index contributed by atoms with van der Waals surface area (Å²) in [7, 11) is 0. The van der Waals surface area contributed by atoms with E-state index < -0.39 is 0 Å². The van der Waals surface area contributed by atoms with Crippen molar-refractivity contribution in [1.29, 1.82) is 0 Å². The Labute approximate surface area is 81.9 Å². The van der Waals surface area contributed by atoms with E-state index in [1.807, 2.05) is 0 Å². The first-order chi connectivity index (χ1) is 5.06. The second-order valence-corrected chi connectivity index (χ2v) is 6.64. The number of rotatable bonds is 5. The minimum absolute atomic E-state index is 0.287. The molecular weight excluding hydrogens is 144 g/mol. The normalized spacial score (nSPS) is 11.3. The van der Waals surface area contributed by atoms with Crippen LogP contribution in [0.5, 0.6) is 0 Å². The maximum absolute atomic E-state index is 2.36. The highest BCUT2D eigenvalue weighted by atomic mass is 24.5. The van der Waals surface area contributed by atoms with Gasteiger partial charge in [0.1, 0.15) is 0 Å². The molecule has 0 aromatic carbocycles. The lowest BCUT2D eigenvalue weighted by Gasteiger charge is -2.17. The van der Waals surface area contributed by atoms with Gasteiger partial charge in [-0.05, 0) is 0 Å². The van der Waals surface area contributed by atoms with Gasteiger partial charge in [-0.25, -0.2) is 0 Å². The summed E-state index contributed by atoms with van der Waals surface area (Å²) in [6.07, 6.45) is 4.33. The molecule has 0 unspecified atom stereocenters. The van der Waals surface area contributed by atoms with Gasteiger partial charge in [0.2, 0.25) is 0 Å². The van der Waals surface area contributed by atoms with Crippen LogP contribution >= 0.6 is 0 Å². The summed E-state index contributed by atoms with van der Waals surface area (Å²) < 4.78 is 3.10. The van der Waals surface area contributed by atoms with Gasteiger partial charge < -0.3 is 0 Å². The molecule has 0 N–H and O–H groups in total. The third kappa shape index (κ3) is 10.8. The van der Waals surface area contributed by atoms with Crippen molar-refractivity contribution in [1.82, 2.24) is 0 Å². The largest absolute Gasteiger partial charge is 0.364 e. The molecule has 0 radical (unpaired) electrons. The molecule has 0 heterocycles. The average Bonchev–Trinajstić information content (AvgIpc) is 1.85. The Morgan fingerprint density at radius 3 is 2.18 bits per heavy atom. The molecule has 0 aliphatic carbocycles. The highest BCUT2D eigenvalue weighted by molar-refractivity contribution is 6.35. The van der Waals surface area contributed by atoms with Crippen molar-refractivity contribution in [2.45, 2.75) is 56.1 Å². The fraction of sp³-hybridized carbons (Fsp3) is 1.00. The monoisotopic (exact) mass is 166 g/mol. The second-order valence-electron chi connectivity index (χ2n) is 4.72. The van der Waals surface area contributed by atoms with Crippen LogP contribution in [-0.2, 0) is 0 Å². The van der Waals surface area contributed by atoms with Gasteiger partial charge in [-0.1, -0.05) is 52.4 Å². The van der Waals surface area contributed by atoms with Crippen LogP contribution < -0.4 is 0 Å². The topological polar surface area (TPSA) is 0 Å². The minimum Gasteiger partial charge on any atom is -0.146 e. The molecular formula is C10H22Mg. The molecule has 0 aliphatic heterocycles. The van der Waals surface area contributed by atoms with Crippen molar-refractivity contribution >= 4 is 20.4 Å². The molecule has 0 amide bonds. The molecule has 11 heavy (non-hydrogen) atoms. The van der Waals surface area contributed by atoms with Crippen molar-refractivity contribution in [3.05, 3.63) is 0 Å². The summed E-state index contributed by atoms with van der Waals surface area (Å²) in [5, 5.41) is 0. The van der Waals surface area contributed by atoms with Crippen molar-refractivity contribution in [3.8, 4) is 0 Å². The summed E-state index contributed by atoms with van der Waals surface area (Å²) in [6, 6.07) is 0. The van der Waals surface area contributed by atoms with Crippen molar-refractivity contribution in [2.24, 2.45) is 5.41 Å². The lowest BCUT2D eigenvalue weighted by molar-refractivity contribution is 0.466. The molecule has 0 bridgehead atoms. The maximum Gasteiger partial charge on any atom is 0.364 e. The SMILES string of the molecule is CCCC[CH2][Mg][CH2]C(C)(C)C. The Morgan fingerprint density at radius 2 is 1.73 bits per heavy atom. The fourth-order valence-electron chi connectivity index (χ4n) is 1.26. The zero-order valence-electron chi connectivity index (χ0n) is 8.74. The summed E-state index contributed by atoms with van der Waals surface area (Å²) in [5.74, 6) is 0. The summed E-state index contributed by atoms with van der Waals surface area (Å²) >= 11 is 0.287. The Kier molecular flexibility index (Phi) is 6.74. The zero-order valence-corrected chi connectivity index (χ0v) is 10.2. The van der Waals surface area contributed by atoms with Crippen molar-refractivity contribution in [3.63, 3.8) is 0 Å². The van der Waals surface area contributed by atoms with Crippen LogP contribution in [0.2, 0.25) is 9.10 Å². The lowest BCUT2D eigenvalue weighted by Crippen LogP contribution is -2.07. The van der Waals surface area contributed by atoms with E-state index in [0.717, 1.165) is 0 Å². The Morgan fingerprint density at radius 1 is 1.09 bits per heavy atom. The molecule has 0 fully saturated rings. The summed E-state index contributed by atoms with van der Waals surface area (Å²) in [5.41, 5.74) is 0.610. The van der Waals surface area contributed by atoms with Gasteiger partial charge in [0.05, 0.1) is 0 Å². The number of hydrogen-bond donors (Lipinski definition) is 0. The van der Waals surface area contributed by atoms with Gasteiger partial charge in [0.15, 0.2) is 0 Å². The predicted octanol–water partition coefficient (Wildman–Crippen LogP) is 3.76. The molecule has 0 saturated heterocycles. The lowest BCUT2D eigenvalue weighted by atomic mass is 10.0. The van der Waals surface area contributed by atoms with Crippen LogP contribution in [0.4, 0.5) is 0 Å². The van der Waals surface area contributed by atoms with E-state index >= 15 is 0 Å². The van der Waals surface area contributed by atoms with E-state index in [1.165, 1.54) is 23.8 Å². The zero-order chi connectivity index (χ0) is 8.74. The van der Waals surface area contributed by atoms with Crippen LogP contribution in [0.25, 0.3) is 0 Å². The van der Waals surface area contributed by atoms with E-state index in [9.17, 15) is 0 Å². The average molecular weight is 167 g/mol. The molecule has 64 valence electrons. The van der Waals surface area contributed by atoms with Crippen LogP contribution in [-0.4, -0.2) is 20.4 Å². The first kappa shape index (κ1) is 11.8. The highest BCUT2D eigenvalue weighted by Crippen LogP contribution is 2.19. The molecule has 1 heteroatoms. The quantitative estimate of drug-likeness (QED) is 0.431. The third-order valence-electron chi connectivity index (χ3n) is 2.03. The Balaban J connectivity index is 3.02. The van der Waals surface area contributed by atoms with Gasteiger partial charge in [-0.2, -0.15) is 0 Å². The van der Waals surface area contributed by atoms with Gasteiger partial charge in [-0.3, -0.25) is 0 Å². The highest BCUT2D eigenvalue weighted by Gasteiger charge is 2.10. The third-order valence-corrected chi connectivity index (χ3v) is 4.88. The first-order valence-corrected chi connectivity index (χ1v) is 7.06. The van der Waals surface area contributed by atoms with Gasteiger partial charge in [0.25, 0.3) is 0 Å². The van der Waals surface area contributed by atoms with E-state index in [0.29, 0.717) is 5.41 Å². The maximum atomic E-state index is 2.36. The molecule has 0 atom stereocenters. The van der Waals surface area contributed by atoms with E-state index in [4.69, 9.17) is 0 Å². The molecule has 0 nitrogen and oxygen atoms in total. The van der Waals surface area contributed by atoms with E-state index in [1.54, 1.807) is 4.55 Å². The minimum atomic E-state index is 0.287. The van der Waals surface area contributed by atoms with Crippen LogP contribution in [0.3, 0.4) is 0 Å². The van der Waals surface area contributed by atoms with Gasteiger partial charge in [0, 0.05) is 0 Å². The molecule has 0 aromatic heterocycles. The van der Waals surface area contributed by atoms with Gasteiger partial charge >= 0.3 is 20.4 Å². The predicted molar refractivity (Wildman–Crippen MR) is 54.3 cm³/mol. The molecule has 0 rings (SSSR count). The van der Waals surface area contributed by atoms with Crippen LogP contribution in [0.15, 0.2) is 0 Å². The number of hydrogen-bond acceptors (Lipinski definition) is 0. The number of unbranched alkanes of at least 4 members (excludes halogenated alkanes) is 2. The first-order valence-electron chi connectivity index (χ1n) is 5.06. The fourth-order valence-corrected chi connectivity index (χ4v) is 3.28. The summed E-state index contributed by atoms with van der Waals surface area (Å²) in [6.45, 7) is 9.37. The molecule has 0 spiro atoms. The van der Waals surface area contributed by atoms with Crippen LogP contribution in [0.1, 0.15) is 47.0 Å². The van der Waals surface area contributed by atoms with Crippen molar-refractivity contribution in [2.75, 3.05) is 0 Å². The second kappa shape index (κ2) is 6.30. The summed E-state index contributed by atoms with van der Waals surface area (Å²) in [4.78, 5) is 0. The van der Waals surface area contributed by atoms with E-state index in [-0.39, 0.29) is 20.4 Å². The van der Waals surface area contributed by atoms with Gasteiger partial charge in [-0.15, -0.1) is 9.10 Å². The molecule has 0 aliphatic rings. The smallest absolute Gasteiger partial charge is 0.146 e. The van der Waals surface area contributed by atoms with Crippen molar-refractivity contribution < 1.29 is 0 Å². The Hall–Kier alpha value is 0.766.